The summed E-state index contributed by atoms with van der Waals surface area (Å²) in [6.45, 7) is -0.432. The molecule has 0 N–H and O–H groups in total. The molecule has 2 fully saturated rings. The van der Waals surface area contributed by atoms with Crippen molar-refractivity contribution in [3.63, 3.8) is 0 Å². The first-order valence-electron chi connectivity index (χ1n) is 13.8. The topological polar surface area (TPSA) is 103 Å². The minimum Gasteiger partial charge on any atom is -0.497 e. The van der Waals surface area contributed by atoms with Gasteiger partial charge in [0.1, 0.15) is 5.75 Å². The summed E-state index contributed by atoms with van der Waals surface area (Å²) in [5.74, 6) is -1.50. The maximum atomic E-state index is 13.3. The Kier molecular flexibility index (Phi) is 8.15. The summed E-state index contributed by atoms with van der Waals surface area (Å²) >= 11 is 7.25. The van der Waals surface area contributed by atoms with Crippen molar-refractivity contribution in [3.8, 4) is 17.0 Å². The number of carbonyl (C=O) groups is 4. The van der Waals surface area contributed by atoms with Crippen LogP contribution in [0.4, 0.5) is 5.69 Å². The minimum absolute atomic E-state index is 0.132. The molecule has 1 aliphatic carbocycles. The lowest BCUT2D eigenvalue weighted by molar-refractivity contribution is -0.122. The first kappa shape index (κ1) is 29.2. The van der Waals surface area contributed by atoms with Gasteiger partial charge in [-0.3, -0.25) is 19.3 Å². The molecule has 218 valence electrons. The number of ketones is 1. The lowest BCUT2D eigenvalue weighted by Gasteiger charge is -2.29. The predicted molar refractivity (Wildman–Crippen MR) is 169 cm³/mol. The van der Waals surface area contributed by atoms with Crippen LogP contribution >= 0.6 is 31.9 Å². The molecule has 10 heteroatoms. The van der Waals surface area contributed by atoms with Gasteiger partial charge in [-0.05, 0) is 49.2 Å². The molecule has 0 bridgehead atoms. The Labute approximate surface area is 264 Å². The summed E-state index contributed by atoms with van der Waals surface area (Å²) in [5, 5.41) is 0.591. The van der Waals surface area contributed by atoms with Crippen LogP contribution in [0.5, 0.6) is 5.75 Å². The average molecular weight is 706 g/mol. The molecule has 0 spiro atoms. The van der Waals surface area contributed by atoms with E-state index in [1.807, 2.05) is 6.07 Å². The van der Waals surface area contributed by atoms with Gasteiger partial charge in [0.15, 0.2) is 12.4 Å². The number of nitrogens with zero attached hydrogens (tertiary/aromatic N) is 2. The van der Waals surface area contributed by atoms with E-state index in [0.29, 0.717) is 52.0 Å². The number of pyridine rings is 1. The number of halogens is 2. The molecule has 1 saturated heterocycles. The number of benzene rings is 3. The molecular weight excluding hydrogens is 680 g/mol. The van der Waals surface area contributed by atoms with Gasteiger partial charge in [-0.15, -0.1) is 0 Å². The normalized spacial score (nSPS) is 21.5. The van der Waals surface area contributed by atoms with Gasteiger partial charge in [-0.25, -0.2) is 9.78 Å². The quantitative estimate of drug-likeness (QED) is 0.0952. The van der Waals surface area contributed by atoms with Crippen LogP contribution in [-0.4, -0.2) is 51.9 Å². The van der Waals surface area contributed by atoms with Crippen molar-refractivity contribution in [2.75, 3.05) is 18.6 Å². The molecule has 2 aliphatic rings. The van der Waals surface area contributed by atoms with Gasteiger partial charge in [-0.1, -0.05) is 74.3 Å². The number of anilines is 1. The van der Waals surface area contributed by atoms with Crippen LogP contribution in [0.2, 0.25) is 0 Å². The van der Waals surface area contributed by atoms with E-state index in [0.717, 1.165) is 0 Å². The number of aromatic nitrogens is 1. The summed E-state index contributed by atoms with van der Waals surface area (Å²) in [6, 6.07) is 22.5. The zero-order valence-electron chi connectivity index (χ0n) is 23.0. The lowest BCUT2D eigenvalue weighted by Crippen LogP contribution is -2.34. The number of rotatable bonds is 7. The monoisotopic (exact) mass is 704 g/mol. The number of amides is 2. The Bertz CT molecular complexity index is 1730. The number of alkyl halides is 2. The highest BCUT2D eigenvalue weighted by Gasteiger charge is 2.52. The SMILES string of the molecule is COc1cccc(C(=O)COC(=O)c2cc(-c3ccc(N4C(=O)C5CC(Br)C(Br)CC5C4=O)cc3)nc3ccccc23)c1. The van der Waals surface area contributed by atoms with Crippen molar-refractivity contribution in [3.05, 3.63) is 90.0 Å². The van der Waals surface area contributed by atoms with E-state index in [-0.39, 0.29) is 44.7 Å². The number of ether oxygens (including phenoxy) is 2. The largest absolute Gasteiger partial charge is 0.497 e. The van der Waals surface area contributed by atoms with Crippen molar-refractivity contribution >= 4 is 72.0 Å². The van der Waals surface area contributed by atoms with Crippen LogP contribution in [0, 0.1) is 11.8 Å². The van der Waals surface area contributed by atoms with Gasteiger partial charge in [-0.2, -0.15) is 0 Å². The van der Waals surface area contributed by atoms with Crippen LogP contribution in [0.1, 0.15) is 33.6 Å². The molecule has 2 amide bonds. The zero-order valence-corrected chi connectivity index (χ0v) is 26.2. The zero-order chi connectivity index (χ0) is 30.2. The molecule has 4 unspecified atom stereocenters. The second-order valence-corrected chi connectivity index (χ2v) is 12.9. The summed E-state index contributed by atoms with van der Waals surface area (Å²) in [5.41, 5.74) is 2.92. The van der Waals surface area contributed by atoms with E-state index in [9.17, 15) is 19.2 Å². The number of fused-ring (bicyclic) bond motifs is 2. The van der Waals surface area contributed by atoms with Gasteiger partial charge in [0, 0.05) is 26.2 Å². The third-order valence-electron chi connectivity index (χ3n) is 7.99. The first-order valence-corrected chi connectivity index (χ1v) is 15.6. The lowest BCUT2D eigenvalue weighted by atomic mass is 9.81. The molecular formula is C33H26Br2N2O6. The number of hydrogen-bond acceptors (Lipinski definition) is 7. The number of carbonyl (C=O) groups excluding carboxylic acids is 4. The van der Waals surface area contributed by atoms with Crippen LogP contribution in [-0.2, 0) is 14.3 Å². The maximum absolute atomic E-state index is 13.3. The number of para-hydroxylation sites is 1. The smallest absolute Gasteiger partial charge is 0.339 e. The molecule has 8 nitrogen and oxygen atoms in total. The van der Waals surface area contributed by atoms with Crippen LogP contribution in [0.3, 0.4) is 0 Å². The van der Waals surface area contributed by atoms with Crippen LogP contribution in [0.25, 0.3) is 22.2 Å². The fraction of sp³-hybridized carbons (Fsp3) is 0.242. The Hall–Kier alpha value is -3.89. The number of imide groups is 1. The second-order valence-electron chi connectivity index (χ2n) is 10.6. The van der Waals surface area contributed by atoms with Gasteiger partial charge in [0.05, 0.1) is 41.4 Å². The molecule has 43 heavy (non-hydrogen) atoms. The summed E-state index contributed by atoms with van der Waals surface area (Å²) in [6.07, 6.45) is 1.20. The summed E-state index contributed by atoms with van der Waals surface area (Å²) in [4.78, 5) is 58.7. The highest BCUT2D eigenvalue weighted by Crippen LogP contribution is 2.44. The van der Waals surface area contributed by atoms with Gasteiger partial charge in [0.2, 0.25) is 11.8 Å². The van der Waals surface area contributed by atoms with E-state index < -0.39 is 12.6 Å². The number of esters is 1. The summed E-state index contributed by atoms with van der Waals surface area (Å²) in [7, 11) is 1.51. The van der Waals surface area contributed by atoms with Crippen LogP contribution in [0.15, 0.2) is 78.9 Å². The molecule has 1 aliphatic heterocycles. The minimum atomic E-state index is -0.654. The summed E-state index contributed by atoms with van der Waals surface area (Å²) < 4.78 is 10.6. The van der Waals surface area contributed by atoms with Gasteiger partial charge in [0.25, 0.3) is 0 Å². The Morgan fingerprint density at radius 3 is 2.23 bits per heavy atom. The molecule has 4 aromatic rings. The van der Waals surface area contributed by atoms with Gasteiger partial charge >= 0.3 is 5.97 Å². The van der Waals surface area contributed by atoms with E-state index in [4.69, 9.17) is 14.5 Å². The number of hydrogen-bond donors (Lipinski definition) is 0. The molecule has 3 aromatic carbocycles. The molecule has 2 heterocycles. The van der Waals surface area contributed by atoms with Crippen molar-refractivity contribution < 1.29 is 28.7 Å². The fourth-order valence-electron chi connectivity index (χ4n) is 5.71. The Morgan fingerprint density at radius 2 is 1.56 bits per heavy atom. The number of Topliss-reactive ketones (excluding diaryl/α,β-unsaturated/α-hetero) is 1. The van der Waals surface area contributed by atoms with Crippen molar-refractivity contribution in [1.82, 2.24) is 4.98 Å². The third kappa shape index (κ3) is 5.61. The van der Waals surface area contributed by atoms with Crippen LogP contribution < -0.4 is 9.64 Å². The molecule has 6 rings (SSSR count). The fourth-order valence-corrected chi connectivity index (χ4v) is 6.95. The Morgan fingerprint density at radius 1 is 0.884 bits per heavy atom. The first-order chi connectivity index (χ1) is 20.7. The second kappa shape index (κ2) is 12.0. The average Bonchev–Trinajstić information content (AvgIpc) is 3.27. The van der Waals surface area contributed by atoms with E-state index in [2.05, 4.69) is 31.9 Å². The molecule has 0 radical (unpaired) electrons. The van der Waals surface area contributed by atoms with Gasteiger partial charge < -0.3 is 9.47 Å². The maximum Gasteiger partial charge on any atom is 0.339 e. The van der Waals surface area contributed by atoms with Crippen molar-refractivity contribution in [2.45, 2.75) is 22.5 Å². The predicted octanol–water partition coefficient (Wildman–Crippen LogP) is 6.38. The molecule has 1 aromatic heterocycles. The molecule has 4 atom stereocenters. The number of methoxy groups -OCH3 is 1. The van der Waals surface area contributed by atoms with E-state index in [1.165, 1.54) is 12.0 Å². The van der Waals surface area contributed by atoms with E-state index >= 15 is 0 Å². The highest BCUT2D eigenvalue weighted by atomic mass is 79.9. The third-order valence-corrected chi connectivity index (χ3v) is 10.7. The standard InChI is InChI=1S/C33H26Br2N2O6/c1-42-21-6-4-5-19(13-21)30(38)17-43-33(41)25-16-29(36-28-8-3-2-7-22(25)28)18-9-11-20(12-10-18)37-31(39)23-14-26(34)27(35)15-24(23)32(37)40/h2-13,16,23-24,26-27H,14-15,17H2,1H3. The molecule has 1 saturated carbocycles. The van der Waals surface area contributed by atoms with Crippen molar-refractivity contribution in [1.29, 1.82) is 0 Å². The van der Waals surface area contributed by atoms with E-state index in [1.54, 1.807) is 72.8 Å². The highest BCUT2D eigenvalue weighted by molar-refractivity contribution is 9.12. The van der Waals surface area contributed by atoms with Crippen molar-refractivity contribution in [2.24, 2.45) is 11.8 Å². The Balaban J connectivity index is 1.25.